The maximum absolute atomic E-state index is 14.0. The van der Waals surface area contributed by atoms with E-state index in [0.717, 1.165) is 25.7 Å². The van der Waals surface area contributed by atoms with Crippen LogP contribution in [0.1, 0.15) is 64.8 Å². The Morgan fingerprint density at radius 2 is 1.65 bits per heavy atom. The van der Waals surface area contributed by atoms with Gasteiger partial charge in [0.2, 0.25) is 0 Å². The quantitative estimate of drug-likeness (QED) is 0.164. The number of hydrogen-bond donors (Lipinski definition) is 0. The van der Waals surface area contributed by atoms with Crippen molar-refractivity contribution in [2.75, 3.05) is 14.1 Å². The SMILES string of the molecule is C=CCc1cc(C(=O)C(CC(CC=C)CCCCC(=O)c2ccc(F)cc2)N(C)C)ccc1F. The van der Waals surface area contributed by atoms with Gasteiger partial charge in [0.1, 0.15) is 11.6 Å². The number of likely N-dealkylation sites (N-methyl/N-ethyl adjacent to an activating group) is 1. The molecule has 2 unspecified atom stereocenters. The minimum absolute atomic E-state index is 0.00764. The topological polar surface area (TPSA) is 37.4 Å². The smallest absolute Gasteiger partial charge is 0.179 e. The second-order valence-electron chi connectivity index (χ2n) is 8.94. The van der Waals surface area contributed by atoms with Crippen LogP contribution < -0.4 is 0 Å². The summed E-state index contributed by atoms with van der Waals surface area (Å²) in [5.41, 5.74) is 1.49. The van der Waals surface area contributed by atoms with Crippen LogP contribution in [0.4, 0.5) is 8.78 Å². The van der Waals surface area contributed by atoms with Gasteiger partial charge >= 0.3 is 0 Å². The monoisotopic (exact) mass is 467 g/mol. The van der Waals surface area contributed by atoms with Crippen LogP contribution >= 0.6 is 0 Å². The molecule has 0 heterocycles. The normalized spacial score (nSPS) is 12.9. The molecule has 3 nitrogen and oxygen atoms in total. The predicted octanol–water partition coefficient (Wildman–Crippen LogP) is 6.83. The van der Waals surface area contributed by atoms with Crippen molar-refractivity contribution >= 4 is 11.6 Å². The van der Waals surface area contributed by atoms with Crippen molar-refractivity contribution in [3.8, 4) is 0 Å². The van der Waals surface area contributed by atoms with Gasteiger partial charge in [-0.3, -0.25) is 14.5 Å². The lowest BCUT2D eigenvalue weighted by atomic mass is 9.87. The number of allylic oxidation sites excluding steroid dienone is 2. The molecule has 2 aromatic carbocycles. The second-order valence-corrected chi connectivity index (χ2v) is 8.94. The molecule has 2 atom stereocenters. The largest absolute Gasteiger partial charge is 0.299 e. The first-order valence-electron chi connectivity index (χ1n) is 11.8. The van der Waals surface area contributed by atoms with Crippen molar-refractivity contribution in [3.63, 3.8) is 0 Å². The van der Waals surface area contributed by atoms with Crippen molar-refractivity contribution < 1.29 is 18.4 Å². The Labute approximate surface area is 202 Å². The fourth-order valence-electron chi connectivity index (χ4n) is 4.17. The van der Waals surface area contributed by atoms with E-state index in [1.807, 2.05) is 25.1 Å². The lowest BCUT2D eigenvalue weighted by Crippen LogP contribution is -2.37. The Morgan fingerprint density at radius 1 is 0.971 bits per heavy atom. The Hall–Kier alpha value is -2.92. The highest BCUT2D eigenvalue weighted by atomic mass is 19.1. The molecule has 0 aliphatic heterocycles. The molecule has 0 saturated heterocycles. The van der Waals surface area contributed by atoms with Crippen LogP contribution in [0.15, 0.2) is 67.8 Å². The van der Waals surface area contributed by atoms with Gasteiger partial charge in [0.05, 0.1) is 6.04 Å². The number of Topliss-reactive ketones (excluding diaryl/α,β-unsaturated/α-hetero) is 2. The Morgan fingerprint density at radius 3 is 2.26 bits per heavy atom. The van der Waals surface area contributed by atoms with Crippen molar-refractivity contribution in [1.82, 2.24) is 4.90 Å². The number of carbonyl (C=O) groups excluding carboxylic acids is 2. The minimum Gasteiger partial charge on any atom is -0.299 e. The van der Waals surface area contributed by atoms with Crippen LogP contribution in [0.3, 0.4) is 0 Å². The van der Waals surface area contributed by atoms with Gasteiger partial charge in [0, 0.05) is 17.5 Å². The highest BCUT2D eigenvalue weighted by Crippen LogP contribution is 2.25. The second kappa shape index (κ2) is 13.7. The zero-order chi connectivity index (χ0) is 25.1. The van der Waals surface area contributed by atoms with Crippen molar-refractivity contribution in [2.24, 2.45) is 5.92 Å². The molecule has 182 valence electrons. The number of unbranched alkanes of at least 4 members (excludes halogenated alkanes) is 1. The van der Waals surface area contributed by atoms with E-state index in [-0.39, 0.29) is 35.2 Å². The summed E-state index contributed by atoms with van der Waals surface area (Å²) in [6, 6.07) is 9.80. The van der Waals surface area contributed by atoms with Gasteiger partial charge in [-0.25, -0.2) is 8.78 Å². The molecule has 0 aliphatic carbocycles. The molecule has 0 bridgehead atoms. The first kappa shape index (κ1) is 27.3. The van der Waals surface area contributed by atoms with Crippen LogP contribution in [0.5, 0.6) is 0 Å². The molecule has 0 aromatic heterocycles. The van der Waals surface area contributed by atoms with Gasteiger partial charge in [-0.2, -0.15) is 0 Å². The van der Waals surface area contributed by atoms with Gasteiger partial charge in [-0.05, 0) is 93.7 Å². The summed E-state index contributed by atoms with van der Waals surface area (Å²) in [4.78, 5) is 27.5. The van der Waals surface area contributed by atoms with Crippen LogP contribution in [0.25, 0.3) is 0 Å². The van der Waals surface area contributed by atoms with Crippen molar-refractivity contribution in [1.29, 1.82) is 0 Å². The highest BCUT2D eigenvalue weighted by Gasteiger charge is 2.26. The van der Waals surface area contributed by atoms with Crippen LogP contribution in [-0.2, 0) is 6.42 Å². The lowest BCUT2D eigenvalue weighted by molar-refractivity contribution is 0.0844. The van der Waals surface area contributed by atoms with E-state index in [2.05, 4.69) is 13.2 Å². The number of carbonyl (C=O) groups is 2. The van der Waals surface area contributed by atoms with Gasteiger partial charge in [0.25, 0.3) is 0 Å². The maximum Gasteiger partial charge on any atom is 0.179 e. The van der Waals surface area contributed by atoms with E-state index in [1.165, 1.54) is 30.3 Å². The summed E-state index contributed by atoms with van der Waals surface area (Å²) in [7, 11) is 3.76. The number of ketones is 2. The number of nitrogens with zero attached hydrogens (tertiary/aromatic N) is 1. The minimum atomic E-state index is -0.355. The first-order valence-corrected chi connectivity index (χ1v) is 11.8. The molecule has 0 aliphatic rings. The van der Waals surface area contributed by atoms with E-state index in [0.29, 0.717) is 36.0 Å². The third kappa shape index (κ3) is 8.14. The molecular weight excluding hydrogens is 432 g/mol. The summed E-state index contributed by atoms with van der Waals surface area (Å²) < 4.78 is 27.1. The van der Waals surface area contributed by atoms with Gasteiger partial charge in [0.15, 0.2) is 11.6 Å². The third-order valence-electron chi connectivity index (χ3n) is 6.11. The molecule has 0 saturated carbocycles. The van der Waals surface area contributed by atoms with E-state index >= 15 is 0 Å². The molecule has 34 heavy (non-hydrogen) atoms. The standard InChI is InChI=1S/C29H35F2NO2/c1-5-9-21(11-7-8-12-28(33)22-13-16-25(30)17-14-22)19-27(32(3)4)29(34)24-15-18-26(31)23(20-24)10-6-2/h5-6,13-18,20-21,27H,1-2,7-12,19H2,3-4H3. The average Bonchev–Trinajstić information content (AvgIpc) is 2.81. The van der Waals surface area contributed by atoms with E-state index in [4.69, 9.17) is 0 Å². The summed E-state index contributed by atoms with van der Waals surface area (Å²) in [6.45, 7) is 7.52. The van der Waals surface area contributed by atoms with Gasteiger partial charge < -0.3 is 0 Å². The number of hydrogen-bond acceptors (Lipinski definition) is 3. The predicted molar refractivity (Wildman–Crippen MR) is 134 cm³/mol. The third-order valence-corrected chi connectivity index (χ3v) is 6.11. The van der Waals surface area contributed by atoms with Crippen LogP contribution in [-0.4, -0.2) is 36.6 Å². The van der Waals surface area contributed by atoms with E-state index in [1.54, 1.807) is 18.2 Å². The highest BCUT2D eigenvalue weighted by molar-refractivity contribution is 6.00. The molecule has 0 amide bonds. The van der Waals surface area contributed by atoms with Gasteiger partial charge in [-0.15, -0.1) is 13.2 Å². The van der Waals surface area contributed by atoms with Crippen LogP contribution in [0.2, 0.25) is 0 Å². The average molecular weight is 468 g/mol. The number of benzene rings is 2. The van der Waals surface area contributed by atoms with Crippen molar-refractivity contribution in [2.45, 2.75) is 51.0 Å². The van der Waals surface area contributed by atoms with Gasteiger partial charge in [-0.1, -0.05) is 25.0 Å². The van der Waals surface area contributed by atoms with E-state index < -0.39 is 0 Å². The molecule has 5 heteroatoms. The molecule has 2 aromatic rings. The summed E-state index contributed by atoms with van der Waals surface area (Å²) >= 11 is 0. The fraction of sp³-hybridized carbons (Fsp3) is 0.379. The molecule has 0 fully saturated rings. The zero-order valence-corrected chi connectivity index (χ0v) is 20.2. The molecule has 0 N–H and O–H groups in total. The molecule has 2 rings (SSSR count). The Kier molecular flexibility index (Phi) is 11.0. The summed E-state index contributed by atoms with van der Waals surface area (Å²) in [5.74, 6) is -0.476. The van der Waals surface area contributed by atoms with Crippen LogP contribution in [0, 0.1) is 17.6 Å². The fourth-order valence-corrected chi connectivity index (χ4v) is 4.17. The molecule has 0 radical (unpaired) electrons. The first-order chi connectivity index (χ1) is 16.3. The zero-order valence-electron chi connectivity index (χ0n) is 20.2. The number of halogens is 2. The Balaban J connectivity index is 1.99. The maximum atomic E-state index is 14.0. The summed E-state index contributed by atoms with van der Waals surface area (Å²) in [6.07, 6.45) is 8.13. The Bertz CT molecular complexity index is 982. The lowest BCUT2D eigenvalue weighted by Gasteiger charge is -2.27. The molecular formula is C29H35F2NO2. The van der Waals surface area contributed by atoms with Crippen molar-refractivity contribution in [3.05, 3.63) is 96.1 Å². The summed E-state index contributed by atoms with van der Waals surface area (Å²) in [5, 5.41) is 0. The molecule has 0 spiro atoms. The number of rotatable bonds is 15. The van der Waals surface area contributed by atoms with E-state index in [9.17, 15) is 18.4 Å².